The van der Waals surface area contributed by atoms with Gasteiger partial charge in [-0.15, -0.1) is 0 Å². The van der Waals surface area contributed by atoms with Crippen LogP contribution in [0.5, 0.6) is 0 Å². The van der Waals surface area contributed by atoms with Gasteiger partial charge < -0.3 is 5.73 Å². The molecule has 1 aromatic carbocycles. The van der Waals surface area contributed by atoms with Crippen molar-refractivity contribution >= 4 is 15.9 Å². The third-order valence-corrected chi connectivity index (χ3v) is 2.40. The van der Waals surface area contributed by atoms with Gasteiger partial charge in [0.25, 0.3) is 0 Å². The van der Waals surface area contributed by atoms with Crippen LogP contribution in [0.2, 0.25) is 0 Å². The molecule has 0 aromatic heterocycles. The molecule has 2 N–H and O–H groups in total. The van der Waals surface area contributed by atoms with E-state index in [9.17, 15) is 4.39 Å². The van der Waals surface area contributed by atoms with Gasteiger partial charge in [0.2, 0.25) is 0 Å². The lowest BCUT2D eigenvalue weighted by molar-refractivity contribution is 0.495. The van der Waals surface area contributed by atoms with E-state index in [2.05, 4.69) is 15.9 Å². The molecule has 0 amide bonds. The normalized spacial score (nSPS) is 11.9. The number of halogens is 2. The molecule has 78 valence electrons. The molecule has 1 rings (SSSR count). The summed E-state index contributed by atoms with van der Waals surface area (Å²) in [4.78, 5) is 0. The van der Waals surface area contributed by atoms with Crippen molar-refractivity contribution in [3.05, 3.63) is 33.5 Å². The zero-order valence-corrected chi connectivity index (χ0v) is 10.3. The molecule has 0 aliphatic rings. The van der Waals surface area contributed by atoms with E-state index in [1.165, 1.54) is 0 Å². The molecular weight excluding hydrogens is 245 g/mol. The maximum atomic E-state index is 13.6. The fourth-order valence-corrected chi connectivity index (χ4v) is 2.03. The van der Waals surface area contributed by atoms with Crippen LogP contribution in [0.15, 0.2) is 16.6 Å². The van der Waals surface area contributed by atoms with Crippen LogP contribution in [0.25, 0.3) is 0 Å². The summed E-state index contributed by atoms with van der Waals surface area (Å²) in [7, 11) is 0. The first kappa shape index (κ1) is 11.7. The van der Waals surface area contributed by atoms with Crippen LogP contribution < -0.4 is 5.73 Å². The predicted octanol–water partition coefficient (Wildman–Crippen LogP) is 3.18. The molecule has 1 nitrogen and oxygen atoms in total. The Morgan fingerprint density at radius 1 is 1.43 bits per heavy atom. The maximum absolute atomic E-state index is 13.6. The second kappa shape index (κ2) is 3.99. The van der Waals surface area contributed by atoms with Crippen molar-refractivity contribution < 1.29 is 4.39 Å². The summed E-state index contributed by atoms with van der Waals surface area (Å²) in [5, 5.41) is 0. The monoisotopic (exact) mass is 259 g/mol. The van der Waals surface area contributed by atoms with Crippen LogP contribution in [-0.2, 0) is 6.42 Å². The van der Waals surface area contributed by atoms with Crippen molar-refractivity contribution in [3.8, 4) is 0 Å². The van der Waals surface area contributed by atoms with E-state index < -0.39 is 0 Å². The molecule has 0 saturated carbocycles. The quantitative estimate of drug-likeness (QED) is 0.868. The van der Waals surface area contributed by atoms with E-state index in [0.717, 1.165) is 4.47 Å². The molecule has 0 atom stereocenters. The third-order valence-electron chi connectivity index (χ3n) is 1.94. The fraction of sp³-hybridized carbons (Fsp3) is 0.455. The van der Waals surface area contributed by atoms with Gasteiger partial charge in [0.05, 0.1) is 0 Å². The Morgan fingerprint density at radius 2 is 2.00 bits per heavy atom. The zero-order valence-electron chi connectivity index (χ0n) is 8.70. The number of aryl methyl sites for hydroxylation is 1. The highest BCUT2D eigenvalue weighted by Crippen LogP contribution is 2.22. The van der Waals surface area contributed by atoms with Gasteiger partial charge in [-0.05, 0) is 50.5 Å². The highest BCUT2D eigenvalue weighted by atomic mass is 79.9. The van der Waals surface area contributed by atoms with Crippen LogP contribution in [0.1, 0.15) is 25.0 Å². The Labute approximate surface area is 92.6 Å². The van der Waals surface area contributed by atoms with Crippen molar-refractivity contribution in [2.24, 2.45) is 5.73 Å². The minimum absolute atomic E-state index is 0.147. The lowest BCUT2D eigenvalue weighted by Crippen LogP contribution is -2.34. The Bertz CT molecular complexity index is 342. The number of rotatable bonds is 2. The van der Waals surface area contributed by atoms with E-state index in [1.807, 2.05) is 13.8 Å². The van der Waals surface area contributed by atoms with E-state index in [-0.39, 0.29) is 11.4 Å². The van der Waals surface area contributed by atoms with Crippen LogP contribution >= 0.6 is 15.9 Å². The molecule has 3 heteroatoms. The second-order valence-corrected chi connectivity index (χ2v) is 5.28. The summed E-state index contributed by atoms with van der Waals surface area (Å²) >= 11 is 3.35. The molecule has 1 aromatic rings. The van der Waals surface area contributed by atoms with Crippen molar-refractivity contribution in [2.45, 2.75) is 32.7 Å². The van der Waals surface area contributed by atoms with Crippen LogP contribution in [0.4, 0.5) is 4.39 Å². The Balaban J connectivity index is 3.09. The smallest absolute Gasteiger partial charge is 0.129 e. The van der Waals surface area contributed by atoms with Crippen molar-refractivity contribution in [1.29, 1.82) is 0 Å². The second-order valence-electron chi connectivity index (χ2n) is 4.36. The average molecular weight is 260 g/mol. The highest BCUT2D eigenvalue weighted by molar-refractivity contribution is 9.10. The van der Waals surface area contributed by atoms with Gasteiger partial charge in [-0.3, -0.25) is 0 Å². The Hall–Kier alpha value is -0.410. The summed E-state index contributed by atoms with van der Waals surface area (Å²) in [6.07, 6.45) is 0.541. The van der Waals surface area contributed by atoms with Gasteiger partial charge in [0.1, 0.15) is 5.82 Å². The molecule has 0 spiro atoms. The first-order valence-electron chi connectivity index (χ1n) is 4.53. The largest absolute Gasteiger partial charge is 0.325 e. The van der Waals surface area contributed by atoms with E-state index in [4.69, 9.17) is 5.73 Å². The lowest BCUT2D eigenvalue weighted by atomic mass is 9.95. The lowest BCUT2D eigenvalue weighted by Gasteiger charge is -2.19. The van der Waals surface area contributed by atoms with E-state index in [1.54, 1.807) is 19.1 Å². The zero-order chi connectivity index (χ0) is 10.9. The SMILES string of the molecule is Cc1cc(Br)cc(CC(C)(C)N)c1F. The number of benzene rings is 1. The van der Waals surface area contributed by atoms with Crippen molar-refractivity contribution in [1.82, 2.24) is 0 Å². The first-order chi connectivity index (χ1) is 6.29. The summed E-state index contributed by atoms with van der Waals surface area (Å²) in [5.74, 6) is -0.147. The highest BCUT2D eigenvalue weighted by Gasteiger charge is 2.16. The summed E-state index contributed by atoms with van der Waals surface area (Å²) in [5.41, 5.74) is 6.80. The molecule has 0 aliphatic heterocycles. The van der Waals surface area contributed by atoms with Gasteiger partial charge >= 0.3 is 0 Å². The topological polar surface area (TPSA) is 26.0 Å². The number of hydrogen-bond acceptors (Lipinski definition) is 1. The van der Waals surface area contributed by atoms with E-state index >= 15 is 0 Å². The molecule has 0 fully saturated rings. The van der Waals surface area contributed by atoms with Crippen molar-refractivity contribution in [2.75, 3.05) is 0 Å². The molecule has 0 bridgehead atoms. The number of hydrogen-bond donors (Lipinski definition) is 1. The summed E-state index contributed by atoms with van der Waals surface area (Å²) < 4.78 is 14.5. The average Bonchev–Trinajstić information content (AvgIpc) is 1.96. The molecular formula is C11H15BrFN. The van der Waals surface area contributed by atoms with Crippen molar-refractivity contribution in [3.63, 3.8) is 0 Å². The van der Waals surface area contributed by atoms with Gasteiger partial charge in [-0.1, -0.05) is 15.9 Å². The minimum atomic E-state index is -0.381. The van der Waals surface area contributed by atoms with Gasteiger partial charge in [-0.2, -0.15) is 0 Å². The molecule has 0 aliphatic carbocycles. The predicted molar refractivity (Wildman–Crippen MR) is 60.8 cm³/mol. The summed E-state index contributed by atoms with van der Waals surface area (Å²) in [6.45, 7) is 5.54. The third kappa shape index (κ3) is 3.07. The van der Waals surface area contributed by atoms with Crippen LogP contribution in [0.3, 0.4) is 0 Å². The first-order valence-corrected chi connectivity index (χ1v) is 5.32. The molecule has 14 heavy (non-hydrogen) atoms. The fourth-order valence-electron chi connectivity index (χ4n) is 1.41. The summed E-state index contributed by atoms with van der Waals surface area (Å²) in [6, 6.07) is 3.55. The molecule has 0 saturated heterocycles. The molecule has 0 unspecified atom stereocenters. The van der Waals surface area contributed by atoms with Gasteiger partial charge in [-0.25, -0.2) is 4.39 Å². The van der Waals surface area contributed by atoms with Crippen LogP contribution in [0, 0.1) is 12.7 Å². The maximum Gasteiger partial charge on any atom is 0.129 e. The number of nitrogens with two attached hydrogens (primary N) is 1. The van der Waals surface area contributed by atoms with Gasteiger partial charge in [0, 0.05) is 10.0 Å². The minimum Gasteiger partial charge on any atom is -0.325 e. The Morgan fingerprint density at radius 3 is 2.50 bits per heavy atom. The van der Waals surface area contributed by atoms with Gasteiger partial charge in [0.15, 0.2) is 0 Å². The van der Waals surface area contributed by atoms with E-state index in [0.29, 0.717) is 17.5 Å². The molecule has 0 heterocycles. The Kier molecular flexibility index (Phi) is 3.32. The van der Waals surface area contributed by atoms with Crippen LogP contribution in [-0.4, -0.2) is 5.54 Å². The molecule has 0 radical (unpaired) electrons. The standard InChI is InChI=1S/C11H15BrFN/c1-7-4-9(12)5-8(10(7)13)6-11(2,3)14/h4-5H,6,14H2,1-3H3.